The number of hydrogen-bond donors (Lipinski definition) is 2. The molecule has 5 fully saturated rings. The molecule has 6 aliphatic rings. The predicted octanol–water partition coefficient (Wildman–Crippen LogP) is 3.55. The number of nitrogens with one attached hydrogen (secondary N) is 2. The monoisotopic (exact) mass is 823 g/mol. The maximum Gasteiger partial charge on any atom is 0.271 e. The molecule has 17 heteroatoms. The minimum atomic E-state index is -1.10. The van der Waals surface area contributed by atoms with Crippen LogP contribution in [0.2, 0.25) is 5.02 Å². The molecule has 2 aliphatic carbocycles. The molecule has 0 radical (unpaired) electrons. The number of carbonyl (C=O) groups excluding carboxylic acids is 5. The van der Waals surface area contributed by atoms with Gasteiger partial charge in [-0.2, -0.15) is 5.26 Å². The summed E-state index contributed by atoms with van der Waals surface area (Å²) < 4.78 is 21.6. The van der Waals surface area contributed by atoms with E-state index in [1.165, 1.54) is 12.3 Å². The summed E-state index contributed by atoms with van der Waals surface area (Å²) in [4.78, 5) is 80.1. The second-order valence-electron chi connectivity index (χ2n) is 16.6. The number of piperazine rings is 1. The Morgan fingerprint density at radius 1 is 0.966 bits per heavy atom. The SMILES string of the molecule is C[C@@H]1CN(c2cnc(C(=O)NC3CCC(Oc4ccc(C#N)c(Cl)c4)CC3)cn2)CCN1C[C@H]1[C@@H]2CN(c3cc4c(cc3F)C(=O)N(C3CCC(=O)NC3=O)C4=O)C[C@@H]21. The fourth-order valence-corrected chi connectivity index (χ4v) is 9.83. The first-order valence-corrected chi connectivity index (χ1v) is 20.6. The average Bonchev–Trinajstić information content (AvgIpc) is 3.53. The van der Waals surface area contributed by atoms with Crippen LogP contribution in [0.25, 0.3) is 0 Å². The number of amides is 5. The Kier molecular flexibility index (Phi) is 10.2. The molecule has 3 aromatic rings. The minimum absolute atomic E-state index is 0.00323. The molecule has 5 atom stereocenters. The Bertz CT molecular complexity index is 2270. The molecular weight excluding hydrogens is 781 g/mol. The highest BCUT2D eigenvalue weighted by Gasteiger charge is 2.57. The number of hydrogen-bond acceptors (Lipinski definition) is 12. The van der Waals surface area contributed by atoms with Crippen LogP contribution in [0.3, 0.4) is 0 Å². The van der Waals surface area contributed by atoms with Crippen LogP contribution in [-0.4, -0.2) is 113 Å². The Morgan fingerprint density at radius 3 is 2.37 bits per heavy atom. The molecule has 5 amide bonds. The maximum atomic E-state index is 15.5. The van der Waals surface area contributed by atoms with E-state index in [0.717, 1.165) is 68.6 Å². The van der Waals surface area contributed by atoms with Crippen LogP contribution in [-0.2, 0) is 9.59 Å². The van der Waals surface area contributed by atoms with Crippen molar-refractivity contribution < 1.29 is 33.1 Å². The Balaban J connectivity index is 0.725. The van der Waals surface area contributed by atoms with Gasteiger partial charge >= 0.3 is 0 Å². The van der Waals surface area contributed by atoms with Crippen LogP contribution >= 0.6 is 11.6 Å². The zero-order valence-corrected chi connectivity index (χ0v) is 33.2. The van der Waals surface area contributed by atoms with Crippen LogP contribution < -0.4 is 25.2 Å². The van der Waals surface area contributed by atoms with Gasteiger partial charge in [0.1, 0.15) is 35.2 Å². The lowest BCUT2D eigenvalue weighted by Crippen LogP contribution is -2.54. The van der Waals surface area contributed by atoms with Gasteiger partial charge in [-0.05, 0) is 81.0 Å². The second kappa shape index (κ2) is 15.5. The van der Waals surface area contributed by atoms with Gasteiger partial charge in [0.25, 0.3) is 17.7 Å². The highest BCUT2D eigenvalue weighted by molar-refractivity contribution is 6.31. The molecule has 15 nitrogen and oxygen atoms in total. The van der Waals surface area contributed by atoms with E-state index in [9.17, 15) is 24.0 Å². The number of halogens is 2. The second-order valence-corrected chi connectivity index (χ2v) is 17.0. The summed E-state index contributed by atoms with van der Waals surface area (Å²) in [6.45, 7) is 6.80. The largest absolute Gasteiger partial charge is 0.490 e. The number of carbonyl (C=O) groups is 5. The molecule has 2 N–H and O–H groups in total. The number of fused-ring (bicyclic) bond motifs is 2. The topological polar surface area (TPSA) is 181 Å². The fraction of sp³-hybridized carbons (Fsp3) is 0.476. The number of piperidine rings is 2. The highest BCUT2D eigenvalue weighted by Crippen LogP contribution is 2.53. The molecule has 0 spiro atoms. The van der Waals surface area contributed by atoms with Crippen molar-refractivity contribution in [2.75, 3.05) is 49.1 Å². The van der Waals surface area contributed by atoms with E-state index in [2.05, 4.69) is 37.3 Å². The van der Waals surface area contributed by atoms with Gasteiger partial charge in [-0.3, -0.25) is 39.1 Å². The highest BCUT2D eigenvalue weighted by atomic mass is 35.5. The van der Waals surface area contributed by atoms with Gasteiger partial charge in [0.05, 0.1) is 45.9 Å². The first-order valence-electron chi connectivity index (χ1n) is 20.2. The molecule has 9 rings (SSSR count). The summed E-state index contributed by atoms with van der Waals surface area (Å²) in [6, 6.07) is 8.82. The number of nitrogens with zero attached hydrogens (tertiary/aromatic N) is 7. The molecule has 306 valence electrons. The summed E-state index contributed by atoms with van der Waals surface area (Å²) in [5.41, 5.74) is 0.984. The lowest BCUT2D eigenvalue weighted by atomic mass is 9.93. The van der Waals surface area contributed by atoms with E-state index in [1.807, 2.05) is 11.0 Å². The van der Waals surface area contributed by atoms with Crippen molar-refractivity contribution in [3.63, 3.8) is 0 Å². The molecule has 2 aromatic carbocycles. The van der Waals surface area contributed by atoms with Gasteiger partial charge in [-0.15, -0.1) is 0 Å². The summed E-state index contributed by atoms with van der Waals surface area (Å²) in [7, 11) is 0. The third-order valence-corrected chi connectivity index (χ3v) is 13.3. The van der Waals surface area contributed by atoms with Crippen molar-refractivity contribution in [3.05, 3.63) is 75.9 Å². The summed E-state index contributed by atoms with van der Waals surface area (Å²) >= 11 is 6.14. The minimum Gasteiger partial charge on any atom is -0.490 e. The van der Waals surface area contributed by atoms with Gasteiger partial charge in [-0.25, -0.2) is 14.4 Å². The molecule has 0 bridgehead atoms. The van der Waals surface area contributed by atoms with Gasteiger partial charge < -0.3 is 19.9 Å². The number of anilines is 2. The van der Waals surface area contributed by atoms with E-state index in [0.29, 0.717) is 47.2 Å². The Morgan fingerprint density at radius 2 is 1.71 bits per heavy atom. The van der Waals surface area contributed by atoms with E-state index in [4.69, 9.17) is 21.6 Å². The Hall–Kier alpha value is -5.66. The number of nitriles is 1. The third kappa shape index (κ3) is 7.46. The van der Waals surface area contributed by atoms with E-state index in [1.54, 1.807) is 24.4 Å². The number of ether oxygens (including phenoxy) is 1. The summed E-state index contributed by atoms with van der Waals surface area (Å²) in [6.07, 6.45) is 6.34. The van der Waals surface area contributed by atoms with E-state index >= 15 is 4.39 Å². The van der Waals surface area contributed by atoms with Crippen LogP contribution in [0, 0.1) is 34.9 Å². The zero-order chi connectivity index (χ0) is 41.1. The average molecular weight is 824 g/mol. The Labute approximate surface area is 344 Å². The van der Waals surface area contributed by atoms with Gasteiger partial charge in [0.2, 0.25) is 11.8 Å². The van der Waals surface area contributed by atoms with Gasteiger partial charge in [-0.1, -0.05) is 11.6 Å². The number of rotatable bonds is 9. The fourth-order valence-electron chi connectivity index (χ4n) is 9.62. The van der Waals surface area contributed by atoms with Gasteiger partial charge in [0, 0.05) is 63.8 Å². The number of aromatic nitrogens is 2. The number of imide groups is 2. The standard InChI is InChI=1S/C42H43ClFN9O6/c1-22-18-51(37-17-46-34(16-47-37)39(55)48-24-3-6-25(7-4-24)59-26-5-2-23(15-45)32(43)12-26)11-10-50(22)19-29-30-20-52(21-31(29)30)36-14-28-27(13-33(36)44)41(57)53(42(28)58)35-8-9-38(54)49-40(35)56/h2,5,12-14,16-17,22,24-25,29-31,35H,3-4,6-11,18-21H2,1H3,(H,48,55)(H,49,54,56)/t22-,24?,25?,29-,30-,31+,35?/m1/s1. The molecule has 2 saturated carbocycles. The molecule has 3 saturated heterocycles. The summed E-state index contributed by atoms with van der Waals surface area (Å²) in [5, 5.41) is 14.7. The molecule has 1 unspecified atom stereocenters. The van der Waals surface area contributed by atoms with Crippen molar-refractivity contribution in [2.24, 2.45) is 17.8 Å². The van der Waals surface area contributed by atoms with Crippen molar-refractivity contribution in [2.45, 2.75) is 69.7 Å². The molecular formula is C42H43ClFN9O6. The molecule has 4 aliphatic heterocycles. The third-order valence-electron chi connectivity index (χ3n) is 13.0. The molecule has 59 heavy (non-hydrogen) atoms. The first kappa shape index (κ1) is 38.8. The van der Waals surface area contributed by atoms with Crippen molar-refractivity contribution >= 4 is 52.6 Å². The molecule has 5 heterocycles. The van der Waals surface area contributed by atoms with Gasteiger partial charge in [0.15, 0.2) is 0 Å². The van der Waals surface area contributed by atoms with Crippen LogP contribution in [0.1, 0.15) is 82.2 Å². The predicted molar refractivity (Wildman–Crippen MR) is 211 cm³/mol. The smallest absolute Gasteiger partial charge is 0.271 e. The number of benzene rings is 2. The van der Waals surface area contributed by atoms with E-state index < -0.39 is 35.5 Å². The van der Waals surface area contributed by atoms with Crippen molar-refractivity contribution in [1.29, 1.82) is 5.26 Å². The van der Waals surface area contributed by atoms with Crippen molar-refractivity contribution in [1.82, 2.24) is 30.4 Å². The van der Waals surface area contributed by atoms with Crippen LogP contribution in [0.15, 0.2) is 42.7 Å². The first-order chi connectivity index (χ1) is 28.4. The lowest BCUT2D eigenvalue weighted by Gasteiger charge is -2.40. The maximum absolute atomic E-state index is 15.5. The van der Waals surface area contributed by atoms with E-state index in [-0.39, 0.29) is 59.4 Å². The lowest BCUT2D eigenvalue weighted by molar-refractivity contribution is -0.136. The quantitative estimate of drug-likeness (QED) is 0.300. The molecule has 1 aromatic heterocycles. The van der Waals surface area contributed by atoms with Crippen molar-refractivity contribution in [3.8, 4) is 11.8 Å². The normalized spacial score (nSPS) is 27.9. The van der Waals surface area contributed by atoms with Crippen LogP contribution in [0.5, 0.6) is 5.75 Å². The zero-order valence-electron chi connectivity index (χ0n) is 32.4. The summed E-state index contributed by atoms with van der Waals surface area (Å²) in [5.74, 6) is -0.724. The van der Waals surface area contributed by atoms with Crippen LogP contribution in [0.4, 0.5) is 15.9 Å².